The van der Waals surface area contributed by atoms with Crippen LogP contribution in [-0.2, 0) is 6.54 Å². The van der Waals surface area contributed by atoms with E-state index in [2.05, 4.69) is 65.5 Å². The molecule has 0 fully saturated rings. The summed E-state index contributed by atoms with van der Waals surface area (Å²) < 4.78 is 8.74. The maximum Gasteiger partial charge on any atom is 0.144 e. The van der Waals surface area contributed by atoms with Gasteiger partial charge in [0.2, 0.25) is 0 Å². The van der Waals surface area contributed by atoms with Crippen LogP contribution in [0.4, 0.5) is 0 Å². The average Bonchev–Trinajstić information content (AvgIpc) is 2.96. The average molecular weight is 373 g/mol. The molecule has 2 aromatic carbocycles. The summed E-state index contributed by atoms with van der Waals surface area (Å²) in [6, 6.07) is 12.6. The number of benzene rings is 2. The van der Waals surface area contributed by atoms with E-state index < -0.39 is 0 Å². The number of aryl methyl sites for hydroxylation is 1. The minimum atomic E-state index is 0.531. The summed E-state index contributed by atoms with van der Waals surface area (Å²) >= 11 is 3.61. The Hall–Kier alpha value is -1.81. The Labute approximate surface area is 145 Å². The number of imidazole rings is 1. The maximum atomic E-state index is 5.54. The number of halogens is 1. The van der Waals surface area contributed by atoms with Crippen LogP contribution in [0.5, 0.6) is 5.75 Å². The molecule has 0 aliphatic heterocycles. The van der Waals surface area contributed by atoms with Crippen molar-refractivity contribution in [2.45, 2.75) is 33.2 Å². The minimum absolute atomic E-state index is 0.531. The predicted molar refractivity (Wildman–Crippen MR) is 99.2 cm³/mol. The fourth-order valence-electron chi connectivity index (χ4n) is 2.89. The van der Waals surface area contributed by atoms with Crippen molar-refractivity contribution < 1.29 is 4.74 Å². The summed E-state index contributed by atoms with van der Waals surface area (Å²) in [7, 11) is 1.70. The fraction of sp³-hybridized carbons (Fsp3) is 0.316. The third kappa shape index (κ3) is 2.76. The molecule has 3 aromatic rings. The van der Waals surface area contributed by atoms with E-state index in [9.17, 15) is 0 Å². The van der Waals surface area contributed by atoms with Crippen molar-refractivity contribution >= 4 is 27.0 Å². The summed E-state index contributed by atoms with van der Waals surface area (Å²) in [5.41, 5.74) is 4.44. The molecule has 0 N–H and O–H groups in total. The molecule has 3 nitrogen and oxygen atoms in total. The summed E-state index contributed by atoms with van der Waals surface area (Å²) in [5.74, 6) is 2.36. The van der Waals surface area contributed by atoms with Gasteiger partial charge >= 0.3 is 0 Å². The number of methoxy groups -OCH3 is 1. The SMILES string of the molecule is CCn1c(-c2ccc(C(C)C)cc2)nc2c(Br)ccc(OC)c21. The number of ether oxygens (including phenoxy) is 1. The molecular weight excluding hydrogens is 352 g/mol. The molecule has 0 amide bonds. The lowest BCUT2D eigenvalue weighted by Crippen LogP contribution is -1.99. The highest BCUT2D eigenvalue weighted by Crippen LogP contribution is 2.35. The summed E-state index contributed by atoms with van der Waals surface area (Å²) in [4.78, 5) is 4.87. The molecule has 1 heterocycles. The van der Waals surface area contributed by atoms with Crippen LogP contribution in [0.15, 0.2) is 40.9 Å². The zero-order valence-electron chi connectivity index (χ0n) is 13.9. The number of aromatic nitrogens is 2. The monoisotopic (exact) mass is 372 g/mol. The second-order valence-electron chi connectivity index (χ2n) is 5.90. The van der Waals surface area contributed by atoms with E-state index >= 15 is 0 Å². The van der Waals surface area contributed by atoms with Crippen molar-refractivity contribution in [1.82, 2.24) is 9.55 Å². The van der Waals surface area contributed by atoms with Gasteiger partial charge in [-0.15, -0.1) is 0 Å². The first-order valence-corrected chi connectivity index (χ1v) is 8.69. The Bertz CT molecular complexity index is 835. The second-order valence-corrected chi connectivity index (χ2v) is 6.76. The molecule has 0 bridgehead atoms. The molecule has 23 heavy (non-hydrogen) atoms. The van der Waals surface area contributed by atoms with Gasteiger partial charge in [-0.2, -0.15) is 0 Å². The van der Waals surface area contributed by atoms with Gasteiger partial charge < -0.3 is 9.30 Å². The molecule has 120 valence electrons. The van der Waals surface area contributed by atoms with Crippen LogP contribution in [-0.4, -0.2) is 16.7 Å². The molecule has 0 spiro atoms. The van der Waals surface area contributed by atoms with Crippen LogP contribution < -0.4 is 4.74 Å². The van der Waals surface area contributed by atoms with Gasteiger partial charge in [0.25, 0.3) is 0 Å². The van der Waals surface area contributed by atoms with Crippen LogP contribution >= 0.6 is 15.9 Å². The molecule has 1 aromatic heterocycles. The molecule has 4 heteroatoms. The molecule has 0 saturated heterocycles. The smallest absolute Gasteiger partial charge is 0.144 e. The van der Waals surface area contributed by atoms with Crippen LogP contribution in [0, 0.1) is 0 Å². The molecule has 0 aliphatic rings. The van der Waals surface area contributed by atoms with E-state index in [-0.39, 0.29) is 0 Å². The van der Waals surface area contributed by atoms with Crippen molar-refractivity contribution in [3.05, 3.63) is 46.4 Å². The Kier molecular flexibility index (Phi) is 4.44. The predicted octanol–water partition coefficient (Wildman–Crippen LogP) is 5.62. The number of hydrogen-bond donors (Lipinski definition) is 0. The van der Waals surface area contributed by atoms with E-state index in [0.29, 0.717) is 5.92 Å². The maximum absolute atomic E-state index is 5.54. The summed E-state index contributed by atoms with van der Waals surface area (Å²) in [6.07, 6.45) is 0. The summed E-state index contributed by atoms with van der Waals surface area (Å²) in [6.45, 7) is 7.38. The van der Waals surface area contributed by atoms with Gasteiger partial charge in [0, 0.05) is 16.6 Å². The standard InChI is InChI=1S/C19H21BrN2O/c1-5-22-18-16(23-4)11-10-15(20)17(18)21-19(22)14-8-6-13(7-9-14)12(2)3/h6-12H,5H2,1-4H3. The van der Waals surface area contributed by atoms with E-state index in [4.69, 9.17) is 9.72 Å². The van der Waals surface area contributed by atoms with Crippen LogP contribution in [0.3, 0.4) is 0 Å². The highest BCUT2D eigenvalue weighted by atomic mass is 79.9. The highest BCUT2D eigenvalue weighted by molar-refractivity contribution is 9.10. The van der Waals surface area contributed by atoms with Crippen molar-refractivity contribution in [2.75, 3.05) is 7.11 Å². The minimum Gasteiger partial charge on any atom is -0.494 e. The molecule has 0 atom stereocenters. The van der Waals surface area contributed by atoms with Gasteiger partial charge in [-0.25, -0.2) is 4.98 Å². The lowest BCUT2D eigenvalue weighted by Gasteiger charge is -2.10. The first-order chi connectivity index (χ1) is 11.1. The number of fused-ring (bicyclic) bond motifs is 1. The Morgan fingerprint density at radius 2 is 1.83 bits per heavy atom. The van der Waals surface area contributed by atoms with E-state index in [1.54, 1.807) is 7.11 Å². The zero-order chi connectivity index (χ0) is 16.6. The van der Waals surface area contributed by atoms with Crippen LogP contribution in [0.2, 0.25) is 0 Å². The van der Waals surface area contributed by atoms with Crippen LogP contribution in [0.1, 0.15) is 32.3 Å². The first kappa shape index (κ1) is 16.1. The molecule has 0 radical (unpaired) electrons. The molecule has 0 saturated carbocycles. The topological polar surface area (TPSA) is 27.1 Å². The van der Waals surface area contributed by atoms with Crippen molar-refractivity contribution in [2.24, 2.45) is 0 Å². The van der Waals surface area contributed by atoms with Crippen molar-refractivity contribution in [3.8, 4) is 17.1 Å². The van der Waals surface area contributed by atoms with E-state index in [1.807, 2.05) is 12.1 Å². The quantitative estimate of drug-likeness (QED) is 0.594. The normalized spacial score (nSPS) is 11.4. The van der Waals surface area contributed by atoms with Crippen LogP contribution in [0.25, 0.3) is 22.4 Å². The third-order valence-electron chi connectivity index (χ3n) is 4.18. The second kappa shape index (κ2) is 6.36. The third-order valence-corrected chi connectivity index (χ3v) is 4.82. The zero-order valence-corrected chi connectivity index (χ0v) is 15.5. The molecule has 0 unspecified atom stereocenters. The Morgan fingerprint density at radius 3 is 2.39 bits per heavy atom. The van der Waals surface area contributed by atoms with Gasteiger partial charge in [0.05, 0.1) is 7.11 Å². The highest BCUT2D eigenvalue weighted by Gasteiger charge is 2.17. The molecule has 0 aliphatic carbocycles. The van der Waals surface area contributed by atoms with Crippen molar-refractivity contribution in [1.29, 1.82) is 0 Å². The van der Waals surface area contributed by atoms with Gasteiger partial charge in [-0.3, -0.25) is 0 Å². The largest absolute Gasteiger partial charge is 0.494 e. The molecule has 3 rings (SSSR count). The van der Waals surface area contributed by atoms with Gasteiger partial charge in [0.15, 0.2) is 0 Å². The number of rotatable bonds is 4. The Balaban J connectivity index is 2.23. The number of nitrogens with zero attached hydrogens (tertiary/aromatic N) is 2. The van der Waals surface area contributed by atoms with Gasteiger partial charge in [-0.1, -0.05) is 38.1 Å². The van der Waals surface area contributed by atoms with Crippen molar-refractivity contribution in [3.63, 3.8) is 0 Å². The number of hydrogen-bond acceptors (Lipinski definition) is 2. The van der Waals surface area contributed by atoms with E-state index in [1.165, 1.54) is 5.56 Å². The summed E-state index contributed by atoms with van der Waals surface area (Å²) in [5, 5.41) is 0. The Morgan fingerprint density at radius 1 is 1.13 bits per heavy atom. The van der Waals surface area contributed by atoms with Gasteiger partial charge in [0.1, 0.15) is 22.6 Å². The van der Waals surface area contributed by atoms with Gasteiger partial charge in [-0.05, 0) is 46.5 Å². The first-order valence-electron chi connectivity index (χ1n) is 7.89. The molecular formula is C19H21BrN2O. The lowest BCUT2D eigenvalue weighted by molar-refractivity contribution is 0.417. The lowest BCUT2D eigenvalue weighted by atomic mass is 10.0. The van der Waals surface area contributed by atoms with E-state index in [0.717, 1.165) is 39.2 Å². The fourth-order valence-corrected chi connectivity index (χ4v) is 3.29.